The van der Waals surface area contributed by atoms with Crippen LogP contribution in [0.1, 0.15) is 0 Å². The SMILES string of the molecule is O=[C]C(=CCl)CCl. The van der Waals surface area contributed by atoms with E-state index in [4.69, 9.17) is 23.2 Å². The van der Waals surface area contributed by atoms with E-state index in [0.717, 1.165) is 5.54 Å². The second-order valence-electron chi connectivity index (χ2n) is 0.870. The zero-order valence-electron chi connectivity index (χ0n) is 3.45. The normalized spacial score (nSPS) is 11.4. The highest BCUT2D eigenvalue weighted by atomic mass is 35.5. The Morgan fingerprint density at radius 1 is 1.86 bits per heavy atom. The maximum atomic E-state index is 9.60. The molecule has 39 valence electrons. The molecule has 1 nitrogen and oxygen atoms in total. The van der Waals surface area contributed by atoms with Crippen molar-refractivity contribution in [1.29, 1.82) is 0 Å². The highest BCUT2D eigenvalue weighted by molar-refractivity contribution is 6.29. The molecule has 0 saturated heterocycles. The van der Waals surface area contributed by atoms with E-state index in [-0.39, 0.29) is 11.5 Å². The summed E-state index contributed by atoms with van der Waals surface area (Å²) in [5.74, 6) is 0.132. The highest BCUT2D eigenvalue weighted by Gasteiger charge is 1.87. The first-order valence-corrected chi connectivity index (χ1v) is 2.55. The summed E-state index contributed by atoms with van der Waals surface area (Å²) in [5.41, 5.74) is 1.39. The maximum Gasteiger partial charge on any atom is 0.231 e. The molecule has 0 saturated carbocycles. The largest absolute Gasteiger partial charge is 0.285 e. The van der Waals surface area contributed by atoms with Crippen molar-refractivity contribution < 1.29 is 4.79 Å². The van der Waals surface area contributed by atoms with Gasteiger partial charge < -0.3 is 0 Å². The first kappa shape index (κ1) is 6.99. The van der Waals surface area contributed by atoms with Crippen molar-refractivity contribution in [3.05, 3.63) is 11.1 Å². The van der Waals surface area contributed by atoms with Crippen LogP contribution in [-0.2, 0) is 4.79 Å². The van der Waals surface area contributed by atoms with Crippen molar-refractivity contribution in [3.8, 4) is 0 Å². The van der Waals surface area contributed by atoms with Gasteiger partial charge in [0.05, 0.1) is 5.88 Å². The van der Waals surface area contributed by atoms with Gasteiger partial charge in [-0.2, -0.15) is 0 Å². The van der Waals surface area contributed by atoms with Gasteiger partial charge in [-0.25, -0.2) is 0 Å². The average Bonchev–Trinajstić information content (AvgIpc) is 1.72. The maximum absolute atomic E-state index is 9.60. The molecule has 0 unspecified atom stereocenters. The van der Waals surface area contributed by atoms with Crippen molar-refractivity contribution >= 4 is 29.5 Å². The molecule has 7 heavy (non-hydrogen) atoms. The van der Waals surface area contributed by atoms with Gasteiger partial charge in [-0.05, 0) is 0 Å². The zero-order valence-corrected chi connectivity index (χ0v) is 4.96. The Balaban J connectivity index is 3.60. The number of halogens is 2. The topological polar surface area (TPSA) is 17.1 Å². The third kappa shape index (κ3) is 2.66. The Hall–Kier alpha value is -0.0100. The van der Waals surface area contributed by atoms with E-state index in [9.17, 15) is 4.79 Å². The van der Waals surface area contributed by atoms with Gasteiger partial charge in [-0.15, -0.1) is 11.6 Å². The summed E-state index contributed by atoms with van der Waals surface area (Å²) in [6.07, 6.45) is 1.55. The number of hydrogen-bond acceptors (Lipinski definition) is 1. The summed E-state index contributed by atoms with van der Waals surface area (Å²) >= 11 is 10.2. The van der Waals surface area contributed by atoms with Crippen LogP contribution in [0.3, 0.4) is 0 Å². The summed E-state index contributed by atoms with van der Waals surface area (Å²) in [6.45, 7) is 0. The third-order valence-corrected chi connectivity index (χ3v) is 0.958. The minimum atomic E-state index is 0.132. The van der Waals surface area contributed by atoms with Gasteiger partial charge in [0.2, 0.25) is 6.29 Å². The van der Waals surface area contributed by atoms with E-state index >= 15 is 0 Å². The van der Waals surface area contributed by atoms with E-state index in [0.29, 0.717) is 0 Å². The molecule has 0 heterocycles. The molecule has 0 aliphatic heterocycles. The Bertz CT molecular complexity index is 87.7. The average molecular weight is 138 g/mol. The molecular formula is C4H3Cl2O. The summed E-state index contributed by atoms with van der Waals surface area (Å²) in [7, 11) is 0. The van der Waals surface area contributed by atoms with Gasteiger partial charge >= 0.3 is 0 Å². The van der Waals surface area contributed by atoms with Crippen LogP contribution < -0.4 is 0 Å². The molecule has 0 aromatic rings. The minimum absolute atomic E-state index is 0.132. The quantitative estimate of drug-likeness (QED) is 0.417. The lowest BCUT2D eigenvalue weighted by molar-refractivity contribution is 0.562. The number of carbonyl (C=O) groups excluding carboxylic acids is 1. The second kappa shape index (κ2) is 4.16. The van der Waals surface area contributed by atoms with Crippen LogP contribution in [0.5, 0.6) is 0 Å². The predicted octanol–water partition coefficient (Wildman–Crippen LogP) is 1.46. The fourth-order valence-electron chi connectivity index (χ4n) is 0.0787. The standard InChI is InChI=1S/C4H3Cl2O/c5-1-4(2-6)3-7/h1H,2H2. The van der Waals surface area contributed by atoms with Crippen LogP contribution in [0.25, 0.3) is 0 Å². The lowest BCUT2D eigenvalue weighted by Gasteiger charge is -1.79. The first-order chi connectivity index (χ1) is 3.35. The second-order valence-corrected chi connectivity index (χ2v) is 1.36. The minimum Gasteiger partial charge on any atom is -0.285 e. The van der Waals surface area contributed by atoms with E-state index in [1.54, 1.807) is 6.29 Å². The Morgan fingerprint density at radius 3 is 2.43 bits per heavy atom. The van der Waals surface area contributed by atoms with Crippen LogP contribution in [0.15, 0.2) is 11.1 Å². The Morgan fingerprint density at radius 2 is 2.43 bits per heavy atom. The molecule has 0 aromatic carbocycles. The molecule has 0 N–H and O–H groups in total. The molecule has 0 aliphatic carbocycles. The molecular weight excluding hydrogens is 135 g/mol. The van der Waals surface area contributed by atoms with Crippen molar-refractivity contribution in [1.82, 2.24) is 0 Å². The monoisotopic (exact) mass is 137 g/mol. The Labute approximate surface area is 51.9 Å². The van der Waals surface area contributed by atoms with Crippen molar-refractivity contribution in [2.75, 3.05) is 5.88 Å². The van der Waals surface area contributed by atoms with Gasteiger partial charge in [0.25, 0.3) is 0 Å². The molecule has 0 fully saturated rings. The fourth-order valence-corrected chi connectivity index (χ4v) is 0.411. The molecule has 0 aliphatic rings. The van der Waals surface area contributed by atoms with Crippen LogP contribution in [0.2, 0.25) is 0 Å². The molecule has 1 radical (unpaired) electrons. The summed E-state index contributed by atoms with van der Waals surface area (Å²) in [6, 6.07) is 0. The smallest absolute Gasteiger partial charge is 0.231 e. The summed E-state index contributed by atoms with van der Waals surface area (Å²) < 4.78 is 0. The van der Waals surface area contributed by atoms with E-state index in [1.807, 2.05) is 0 Å². The van der Waals surface area contributed by atoms with Crippen molar-refractivity contribution in [3.63, 3.8) is 0 Å². The van der Waals surface area contributed by atoms with Gasteiger partial charge in [0.1, 0.15) is 0 Å². The molecule has 0 bridgehead atoms. The van der Waals surface area contributed by atoms with Crippen LogP contribution >= 0.6 is 23.2 Å². The van der Waals surface area contributed by atoms with Gasteiger partial charge in [-0.1, -0.05) is 11.6 Å². The number of allylic oxidation sites excluding steroid dienone is 1. The highest BCUT2D eigenvalue weighted by Crippen LogP contribution is 1.93. The number of hydrogen-bond donors (Lipinski definition) is 0. The molecule has 0 amide bonds. The fraction of sp³-hybridized carbons (Fsp3) is 0.250. The van der Waals surface area contributed by atoms with E-state index < -0.39 is 0 Å². The molecule has 0 spiro atoms. The van der Waals surface area contributed by atoms with Crippen LogP contribution in [-0.4, -0.2) is 12.2 Å². The molecule has 0 atom stereocenters. The Kier molecular flexibility index (Phi) is 4.15. The van der Waals surface area contributed by atoms with Gasteiger partial charge in [0, 0.05) is 11.1 Å². The van der Waals surface area contributed by atoms with Crippen LogP contribution in [0.4, 0.5) is 0 Å². The lowest BCUT2D eigenvalue weighted by atomic mass is 10.4. The zero-order chi connectivity index (χ0) is 5.70. The van der Waals surface area contributed by atoms with Crippen molar-refractivity contribution in [2.45, 2.75) is 0 Å². The van der Waals surface area contributed by atoms with E-state index in [2.05, 4.69) is 0 Å². The van der Waals surface area contributed by atoms with E-state index in [1.165, 1.54) is 0 Å². The predicted molar refractivity (Wildman–Crippen MR) is 30.3 cm³/mol. The summed E-state index contributed by atoms with van der Waals surface area (Å²) in [5, 5.41) is 0. The van der Waals surface area contributed by atoms with Crippen molar-refractivity contribution in [2.24, 2.45) is 0 Å². The number of rotatable bonds is 2. The molecule has 0 rings (SSSR count). The van der Waals surface area contributed by atoms with Crippen LogP contribution in [0, 0.1) is 0 Å². The lowest BCUT2D eigenvalue weighted by Crippen LogP contribution is -1.81. The first-order valence-electron chi connectivity index (χ1n) is 1.58. The summed E-state index contributed by atoms with van der Waals surface area (Å²) in [4.78, 5) is 9.60. The molecule has 3 heteroatoms. The molecule has 0 aromatic heterocycles. The third-order valence-electron chi connectivity index (χ3n) is 0.407. The number of alkyl halides is 1. The van der Waals surface area contributed by atoms with Gasteiger partial charge in [0.15, 0.2) is 0 Å². The van der Waals surface area contributed by atoms with Gasteiger partial charge in [-0.3, -0.25) is 4.79 Å².